The van der Waals surface area contributed by atoms with Gasteiger partial charge >= 0.3 is 0 Å². The van der Waals surface area contributed by atoms with Crippen molar-refractivity contribution in [2.24, 2.45) is 0 Å². The summed E-state index contributed by atoms with van der Waals surface area (Å²) >= 11 is 0. The molecule has 0 bridgehead atoms. The Morgan fingerprint density at radius 3 is 1.58 bits per heavy atom. The normalized spacial score (nSPS) is 10.6. The van der Waals surface area contributed by atoms with Gasteiger partial charge in [-0.15, -0.1) is 0 Å². The highest BCUT2D eigenvalue weighted by Crippen LogP contribution is 2.40. The first-order chi connectivity index (χ1) is 23.7. The maximum Gasteiger partial charge on any atom is 0.0540 e. The van der Waals surface area contributed by atoms with Crippen LogP contribution in [0.5, 0.6) is 0 Å². The molecule has 0 saturated carbocycles. The van der Waals surface area contributed by atoms with E-state index in [0.717, 1.165) is 17.8 Å². The highest BCUT2D eigenvalue weighted by molar-refractivity contribution is 6.02. The maximum absolute atomic E-state index is 2.36. The zero-order valence-electron chi connectivity index (χ0n) is 28.4. The molecule has 8 aromatic carbocycles. The van der Waals surface area contributed by atoms with Crippen LogP contribution in [-0.2, 0) is 6.42 Å². The Morgan fingerprint density at radius 1 is 0.417 bits per heavy atom. The monoisotopic (exact) mass is 621 g/mol. The number of aryl methyl sites for hydroxylation is 2. The SMILES string of the molecule is CC.CCc1c2ccccc2cc2ccccc12.Cc1ccc(N(c2cccc(-c3ccccc3)c2)c2cccc3ccccc23)cc1. The van der Waals surface area contributed by atoms with Gasteiger partial charge in [-0.05, 0) is 93.4 Å². The molecule has 0 aromatic heterocycles. The number of hydrogen-bond donors (Lipinski definition) is 0. The highest BCUT2D eigenvalue weighted by Gasteiger charge is 2.15. The van der Waals surface area contributed by atoms with Gasteiger partial charge in [0.15, 0.2) is 0 Å². The Balaban J connectivity index is 0.000000187. The Bertz CT molecular complexity index is 2190. The van der Waals surface area contributed by atoms with Gasteiger partial charge in [0, 0.05) is 16.8 Å². The van der Waals surface area contributed by atoms with Crippen LogP contribution in [0.4, 0.5) is 17.1 Å². The van der Waals surface area contributed by atoms with Crippen molar-refractivity contribution in [1.29, 1.82) is 0 Å². The van der Waals surface area contributed by atoms with Gasteiger partial charge in [-0.3, -0.25) is 0 Å². The number of rotatable bonds is 5. The molecule has 236 valence electrons. The van der Waals surface area contributed by atoms with E-state index in [1.807, 2.05) is 13.8 Å². The van der Waals surface area contributed by atoms with Crippen molar-refractivity contribution < 1.29 is 0 Å². The van der Waals surface area contributed by atoms with Gasteiger partial charge < -0.3 is 4.90 Å². The summed E-state index contributed by atoms with van der Waals surface area (Å²) in [5.41, 5.74) is 8.65. The minimum atomic E-state index is 1.09. The van der Waals surface area contributed by atoms with Crippen molar-refractivity contribution in [2.45, 2.75) is 34.1 Å². The molecule has 8 aromatic rings. The molecule has 0 fully saturated rings. The van der Waals surface area contributed by atoms with Crippen molar-refractivity contribution in [3.8, 4) is 11.1 Å². The molecular formula is C47H43N. The molecule has 8 rings (SSSR count). The molecule has 0 aliphatic carbocycles. The third-order valence-electron chi connectivity index (χ3n) is 8.75. The molecule has 0 amide bonds. The topological polar surface area (TPSA) is 3.24 Å². The molecule has 0 radical (unpaired) electrons. The lowest BCUT2D eigenvalue weighted by Crippen LogP contribution is -2.10. The van der Waals surface area contributed by atoms with Crippen LogP contribution in [0.2, 0.25) is 0 Å². The third-order valence-corrected chi connectivity index (χ3v) is 8.75. The van der Waals surface area contributed by atoms with Gasteiger partial charge in [-0.2, -0.15) is 0 Å². The van der Waals surface area contributed by atoms with E-state index >= 15 is 0 Å². The van der Waals surface area contributed by atoms with Crippen LogP contribution in [0.25, 0.3) is 43.4 Å². The van der Waals surface area contributed by atoms with E-state index in [1.165, 1.54) is 60.3 Å². The standard InChI is InChI=1S/C29H23N.C16H14.C2H6/c1-22-17-19-26(20-18-22)30(29-16-8-12-24-11-5-6-15-28(24)29)27-14-7-13-25(21-27)23-9-3-2-4-10-23;1-2-14-15-9-5-3-7-12(15)11-13-8-4-6-10-16(13)14;1-2/h2-21H,1H3;3-11H,2H2,1H3;1-2H3. The van der Waals surface area contributed by atoms with Crippen molar-refractivity contribution in [3.63, 3.8) is 0 Å². The fourth-order valence-electron chi connectivity index (χ4n) is 6.47. The van der Waals surface area contributed by atoms with E-state index in [-0.39, 0.29) is 0 Å². The second-order valence-electron chi connectivity index (χ2n) is 11.7. The Kier molecular flexibility index (Phi) is 10.3. The molecule has 0 spiro atoms. The second kappa shape index (κ2) is 15.3. The largest absolute Gasteiger partial charge is 0.310 e. The lowest BCUT2D eigenvalue weighted by atomic mass is 9.95. The Labute approximate surface area is 285 Å². The van der Waals surface area contributed by atoms with Crippen LogP contribution in [0, 0.1) is 6.92 Å². The summed E-state index contributed by atoms with van der Waals surface area (Å²) < 4.78 is 0. The lowest BCUT2D eigenvalue weighted by molar-refractivity contribution is 1.18. The summed E-state index contributed by atoms with van der Waals surface area (Å²) in [7, 11) is 0. The average molecular weight is 622 g/mol. The first-order valence-electron chi connectivity index (χ1n) is 17.1. The second-order valence-corrected chi connectivity index (χ2v) is 11.7. The zero-order valence-corrected chi connectivity index (χ0v) is 28.4. The van der Waals surface area contributed by atoms with E-state index in [4.69, 9.17) is 0 Å². The molecular weight excluding hydrogens is 579 g/mol. The van der Waals surface area contributed by atoms with E-state index in [9.17, 15) is 0 Å². The average Bonchev–Trinajstić information content (AvgIpc) is 3.16. The first kappa shape index (κ1) is 32.3. The Hall–Kier alpha value is -5.66. The van der Waals surface area contributed by atoms with Gasteiger partial charge in [0.25, 0.3) is 0 Å². The Morgan fingerprint density at radius 2 is 0.938 bits per heavy atom. The zero-order chi connectivity index (χ0) is 33.3. The highest BCUT2D eigenvalue weighted by atomic mass is 15.1. The summed E-state index contributed by atoms with van der Waals surface area (Å²) in [5.74, 6) is 0. The summed E-state index contributed by atoms with van der Waals surface area (Å²) in [6, 6.07) is 62.8. The fraction of sp³-hybridized carbons (Fsp3) is 0.106. The van der Waals surface area contributed by atoms with Crippen LogP contribution in [0.1, 0.15) is 31.9 Å². The predicted octanol–water partition coefficient (Wildman–Crippen LogP) is 13.9. The third kappa shape index (κ3) is 6.87. The first-order valence-corrected chi connectivity index (χ1v) is 17.1. The summed E-state index contributed by atoms with van der Waals surface area (Å²) in [6.45, 7) is 8.36. The molecule has 0 N–H and O–H groups in total. The van der Waals surface area contributed by atoms with Gasteiger partial charge in [-0.1, -0.05) is 166 Å². The molecule has 1 heteroatoms. The summed E-state index contributed by atoms with van der Waals surface area (Å²) in [6.07, 6.45) is 1.09. The predicted molar refractivity (Wildman–Crippen MR) is 211 cm³/mol. The quantitative estimate of drug-likeness (QED) is 0.173. The smallest absolute Gasteiger partial charge is 0.0540 e. The minimum absolute atomic E-state index is 1.09. The van der Waals surface area contributed by atoms with Crippen LogP contribution in [0.15, 0.2) is 176 Å². The number of benzene rings is 8. The van der Waals surface area contributed by atoms with Gasteiger partial charge in [0.1, 0.15) is 0 Å². The van der Waals surface area contributed by atoms with Crippen molar-refractivity contribution in [3.05, 3.63) is 187 Å². The van der Waals surface area contributed by atoms with Crippen molar-refractivity contribution in [2.75, 3.05) is 4.90 Å². The number of nitrogens with zero attached hydrogens (tertiary/aromatic N) is 1. The molecule has 1 nitrogen and oxygen atoms in total. The number of fused-ring (bicyclic) bond motifs is 3. The lowest BCUT2D eigenvalue weighted by Gasteiger charge is -2.27. The van der Waals surface area contributed by atoms with Crippen molar-refractivity contribution >= 4 is 49.4 Å². The summed E-state index contributed by atoms with van der Waals surface area (Å²) in [4.78, 5) is 2.36. The van der Waals surface area contributed by atoms with E-state index in [1.54, 1.807) is 0 Å². The molecule has 0 unspecified atom stereocenters. The van der Waals surface area contributed by atoms with Gasteiger partial charge in [0.05, 0.1) is 5.69 Å². The van der Waals surface area contributed by atoms with Crippen LogP contribution < -0.4 is 4.90 Å². The summed E-state index contributed by atoms with van der Waals surface area (Å²) in [5, 5.41) is 7.96. The molecule has 0 aliphatic heterocycles. The molecule has 0 saturated heterocycles. The van der Waals surface area contributed by atoms with Crippen molar-refractivity contribution in [1.82, 2.24) is 0 Å². The minimum Gasteiger partial charge on any atom is -0.310 e. The number of anilines is 3. The van der Waals surface area contributed by atoms with Gasteiger partial charge in [-0.25, -0.2) is 0 Å². The van der Waals surface area contributed by atoms with Crippen LogP contribution in [0.3, 0.4) is 0 Å². The molecule has 0 heterocycles. The van der Waals surface area contributed by atoms with Crippen LogP contribution >= 0.6 is 0 Å². The van der Waals surface area contributed by atoms with Crippen LogP contribution in [-0.4, -0.2) is 0 Å². The molecule has 0 aliphatic rings. The molecule has 48 heavy (non-hydrogen) atoms. The molecule has 0 atom stereocenters. The van der Waals surface area contributed by atoms with E-state index in [0.29, 0.717) is 0 Å². The number of hydrogen-bond acceptors (Lipinski definition) is 1. The van der Waals surface area contributed by atoms with E-state index in [2.05, 4.69) is 195 Å². The fourth-order valence-corrected chi connectivity index (χ4v) is 6.47. The van der Waals surface area contributed by atoms with E-state index < -0.39 is 0 Å². The van der Waals surface area contributed by atoms with Gasteiger partial charge in [0.2, 0.25) is 0 Å². The maximum atomic E-state index is 2.36.